The number of nitrogens with zero attached hydrogens (tertiary/aromatic N) is 3. The van der Waals surface area contributed by atoms with Gasteiger partial charge in [0.2, 0.25) is 0 Å². The fourth-order valence-electron chi connectivity index (χ4n) is 2.42. The molecule has 3 aromatic rings. The molecule has 1 unspecified atom stereocenters. The largest absolute Gasteiger partial charge is 0.346 e. The van der Waals surface area contributed by atoms with Crippen molar-refractivity contribution in [1.29, 1.82) is 0 Å². The highest BCUT2D eigenvalue weighted by molar-refractivity contribution is 7.71. The maximum Gasteiger partial charge on any atom is 0.270 e. The van der Waals surface area contributed by atoms with E-state index < -0.39 is 0 Å². The first-order chi connectivity index (χ1) is 11.1. The van der Waals surface area contributed by atoms with Crippen molar-refractivity contribution in [2.75, 3.05) is 0 Å². The monoisotopic (exact) mass is 327 g/mol. The topological polar surface area (TPSA) is 67.6 Å². The molecule has 118 valence electrons. The molecule has 2 heterocycles. The summed E-state index contributed by atoms with van der Waals surface area (Å²) in [5.74, 6) is -0.172. The Morgan fingerprint density at radius 1 is 1.39 bits per heavy atom. The fourth-order valence-corrected chi connectivity index (χ4v) is 2.69. The number of benzene rings is 1. The smallest absolute Gasteiger partial charge is 0.270 e. The van der Waals surface area contributed by atoms with Crippen molar-refractivity contribution in [3.05, 3.63) is 65.7 Å². The van der Waals surface area contributed by atoms with Gasteiger partial charge in [0.25, 0.3) is 5.91 Å². The Kier molecular flexibility index (Phi) is 4.38. The van der Waals surface area contributed by atoms with E-state index in [1.165, 1.54) is 0 Å². The number of para-hydroxylation sites is 1. The lowest BCUT2D eigenvalue weighted by Crippen LogP contribution is -2.36. The number of nitrogens with one attached hydrogen (secondary N) is 2. The summed E-state index contributed by atoms with van der Waals surface area (Å²) >= 11 is 5.30. The quantitative estimate of drug-likeness (QED) is 0.708. The van der Waals surface area contributed by atoms with Crippen molar-refractivity contribution in [3.8, 4) is 5.69 Å². The molecule has 0 radical (unpaired) electrons. The van der Waals surface area contributed by atoms with E-state index in [1.807, 2.05) is 48.0 Å². The van der Waals surface area contributed by atoms with Crippen molar-refractivity contribution in [1.82, 2.24) is 24.4 Å². The van der Waals surface area contributed by atoms with Crippen LogP contribution in [0.3, 0.4) is 0 Å². The second kappa shape index (κ2) is 6.62. The molecule has 1 atom stereocenters. The summed E-state index contributed by atoms with van der Waals surface area (Å²) in [5.41, 5.74) is 1.34. The number of aromatic nitrogens is 4. The van der Waals surface area contributed by atoms with Gasteiger partial charge in [0.15, 0.2) is 4.77 Å². The first kappa shape index (κ1) is 15.2. The van der Waals surface area contributed by atoms with Crippen LogP contribution in [0.2, 0.25) is 0 Å². The lowest BCUT2D eigenvalue weighted by atomic mass is 10.3. The van der Waals surface area contributed by atoms with Gasteiger partial charge in [-0.3, -0.25) is 9.36 Å². The van der Waals surface area contributed by atoms with Crippen molar-refractivity contribution in [2.24, 2.45) is 0 Å². The molecule has 0 fully saturated rings. The predicted octanol–water partition coefficient (Wildman–Crippen LogP) is 2.55. The number of carbonyl (C=O) groups excluding carboxylic acids is 1. The average Bonchev–Trinajstić information content (AvgIpc) is 3.17. The summed E-state index contributed by atoms with van der Waals surface area (Å²) < 4.78 is 4.14. The van der Waals surface area contributed by atoms with E-state index in [2.05, 4.69) is 15.3 Å². The van der Waals surface area contributed by atoms with Crippen LogP contribution in [-0.4, -0.2) is 31.1 Å². The molecule has 0 aliphatic carbocycles. The second-order valence-electron chi connectivity index (χ2n) is 5.28. The van der Waals surface area contributed by atoms with Crippen molar-refractivity contribution in [2.45, 2.75) is 19.5 Å². The molecular weight excluding hydrogens is 310 g/mol. The number of rotatable bonds is 5. The van der Waals surface area contributed by atoms with E-state index >= 15 is 0 Å². The van der Waals surface area contributed by atoms with Crippen molar-refractivity contribution in [3.63, 3.8) is 0 Å². The van der Waals surface area contributed by atoms with Crippen molar-refractivity contribution >= 4 is 18.1 Å². The molecule has 0 aliphatic heterocycles. The van der Waals surface area contributed by atoms with Gasteiger partial charge in [-0.1, -0.05) is 18.2 Å². The Labute approximate surface area is 138 Å². The van der Waals surface area contributed by atoms with Crippen LogP contribution in [0.4, 0.5) is 0 Å². The Morgan fingerprint density at radius 3 is 2.87 bits per heavy atom. The van der Waals surface area contributed by atoms with E-state index in [0.29, 0.717) is 17.0 Å². The zero-order valence-corrected chi connectivity index (χ0v) is 13.5. The Hall–Kier alpha value is -2.67. The summed E-state index contributed by atoms with van der Waals surface area (Å²) in [6.07, 6.45) is 6.94. The van der Waals surface area contributed by atoms with Crippen LogP contribution in [0, 0.1) is 4.77 Å². The molecule has 2 N–H and O–H groups in total. The van der Waals surface area contributed by atoms with Crippen LogP contribution in [0.1, 0.15) is 17.4 Å². The average molecular weight is 327 g/mol. The number of hydrogen-bond donors (Lipinski definition) is 2. The highest BCUT2D eigenvalue weighted by Crippen LogP contribution is 2.12. The molecule has 1 amide bonds. The lowest BCUT2D eigenvalue weighted by Gasteiger charge is -2.15. The number of hydrogen-bond acceptors (Lipinski definition) is 3. The maximum atomic E-state index is 12.6. The first-order valence-electron chi connectivity index (χ1n) is 7.27. The van der Waals surface area contributed by atoms with Gasteiger partial charge < -0.3 is 14.9 Å². The minimum atomic E-state index is -0.172. The summed E-state index contributed by atoms with van der Waals surface area (Å²) in [7, 11) is 0. The highest BCUT2D eigenvalue weighted by Gasteiger charge is 2.16. The number of H-pyrrole nitrogens is 1. The van der Waals surface area contributed by atoms with Gasteiger partial charge >= 0.3 is 0 Å². The maximum absolute atomic E-state index is 12.6. The summed E-state index contributed by atoms with van der Waals surface area (Å²) in [6.45, 7) is 2.61. The van der Waals surface area contributed by atoms with Crippen LogP contribution >= 0.6 is 12.2 Å². The Bertz CT molecular complexity index is 835. The van der Waals surface area contributed by atoms with Gasteiger partial charge in [0.05, 0.1) is 6.33 Å². The normalized spacial score (nSPS) is 12.0. The van der Waals surface area contributed by atoms with E-state index in [-0.39, 0.29) is 11.9 Å². The Morgan fingerprint density at radius 2 is 2.17 bits per heavy atom. The van der Waals surface area contributed by atoms with Crippen molar-refractivity contribution < 1.29 is 4.79 Å². The van der Waals surface area contributed by atoms with Gasteiger partial charge in [-0.25, -0.2) is 4.98 Å². The van der Waals surface area contributed by atoms with Gasteiger partial charge in [0, 0.05) is 36.9 Å². The molecule has 1 aromatic carbocycles. The molecule has 2 aromatic heterocycles. The Balaban J connectivity index is 1.79. The third-order valence-corrected chi connectivity index (χ3v) is 3.75. The molecule has 0 saturated carbocycles. The van der Waals surface area contributed by atoms with E-state index in [4.69, 9.17) is 12.2 Å². The van der Waals surface area contributed by atoms with Gasteiger partial charge in [-0.15, -0.1) is 0 Å². The van der Waals surface area contributed by atoms with Crippen LogP contribution in [0.15, 0.2) is 55.2 Å². The molecular formula is C16H17N5OS. The van der Waals surface area contributed by atoms with Gasteiger partial charge in [-0.2, -0.15) is 0 Å². The zero-order chi connectivity index (χ0) is 16.2. The highest BCUT2D eigenvalue weighted by atomic mass is 32.1. The summed E-state index contributed by atoms with van der Waals surface area (Å²) in [5, 5.41) is 2.98. The van der Waals surface area contributed by atoms with Crippen LogP contribution in [0.25, 0.3) is 5.69 Å². The number of imidazole rings is 2. The SMILES string of the molecule is CC(Cn1ccnc1)NC(=O)c1c[nH]c(=S)n1-c1ccccc1. The van der Waals surface area contributed by atoms with Crippen LogP contribution < -0.4 is 5.32 Å². The molecule has 6 nitrogen and oxygen atoms in total. The minimum Gasteiger partial charge on any atom is -0.346 e. The van der Waals surface area contributed by atoms with E-state index in [0.717, 1.165) is 5.69 Å². The van der Waals surface area contributed by atoms with Crippen LogP contribution in [0.5, 0.6) is 0 Å². The molecule has 7 heteroatoms. The molecule has 0 aliphatic rings. The molecule has 0 bridgehead atoms. The third-order valence-electron chi connectivity index (χ3n) is 3.44. The summed E-state index contributed by atoms with van der Waals surface area (Å²) in [6, 6.07) is 9.53. The number of aromatic amines is 1. The number of carbonyl (C=O) groups is 1. The van der Waals surface area contributed by atoms with E-state index in [1.54, 1.807) is 23.3 Å². The molecule has 0 saturated heterocycles. The fraction of sp³-hybridized carbons (Fsp3) is 0.188. The van der Waals surface area contributed by atoms with Gasteiger partial charge in [0.1, 0.15) is 5.69 Å². The lowest BCUT2D eigenvalue weighted by molar-refractivity contribution is 0.0929. The third kappa shape index (κ3) is 3.40. The van der Waals surface area contributed by atoms with Gasteiger partial charge in [-0.05, 0) is 31.3 Å². The minimum absolute atomic E-state index is 0.0376. The molecule has 0 spiro atoms. The van der Waals surface area contributed by atoms with Crippen LogP contribution in [-0.2, 0) is 6.54 Å². The first-order valence-corrected chi connectivity index (χ1v) is 7.68. The summed E-state index contributed by atoms with van der Waals surface area (Å²) in [4.78, 5) is 19.5. The molecule has 3 rings (SSSR count). The number of amides is 1. The zero-order valence-electron chi connectivity index (χ0n) is 12.6. The molecule has 23 heavy (non-hydrogen) atoms. The standard InChI is InChI=1S/C16H17N5OS/c1-12(10-20-8-7-17-11-20)19-15(22)14-9-18-16(23)21(14)13-5-3-2-4-6-13/h2-9,11-12H,10H2,1H3,(H,18,23)(H,19,22). The predicted molar refractivity (Wildman–Crippen MR) is 90.1 cm³/mol. The van der Waals surface area contributed by atoms with E-state index in [9.17, 15) is 4.79 Å². The second-order valence-corrected chi connectivity index (χ2v) is 5.67.